The van der Waals surface area contributed by atoms with E-state index in [0.29, 0.717) is 0 Å². The van der Waals surface area contributed by atoms with Crippen LogP contribution in [0.4, 0.5) is 10.1 Å². The summed E-state index contributed by atoms with van der Waals surface area (Å²) in [5.74, 6) is -0.208. The number of fused-ring (bicyclic) bond motifs is 12. The summed E-state index contributed by atoms with van der Waals surface area (Å²) >= 11 is 0. The third-order valence-electron chi connectivity index (χ3n) is 12.1. The van der Waals surface area contributed by atoms with Gasteiger partial charge >= 0.3 is 0 Å². The normalized spacial score (nSPS) is 17.3. The number of aryl methyl sites for hydroxylation is 3. The van der Waals surface area contributed by atoms with Gasteiger partial charge in [-0.1, -0.05) is 121 Å². The first-order valence-electron chi connectivity index (χ1n) is 18.4. The standard InChI is InChI=1S/C48H38FN3/c1-31-45-46(32(2)51-50-31)52-28-26-36-15-9-10-16-42(36)47(52,27-25-33-17-21-39(49)22-18-33)48(45)43-29-37(34-11-5-3-6-12-34)19-23-40(43)41-24-20-38(30-44(41)48)35-13-7-4-8-14-35/h3-24,29-30H,25-28H2,1-2H3. The predicted molar refractivity (Wildman–Crippen MR) is 208 cm³/mol. The van der Waals surface area contributed by atoms with Crippen molar-refractivity contribution in [1.29, 1.82) is 0 Å². The summed E-state index contributed by atoms with van der Waals surface area (Å²) in [4.78, 5) is 2.72. The van der Waals surface area contributed by atoms with E-state index in [-0.39, 0.29) is 5.82 Å². The van der Waals surface area contributed by atoms with Crippen LogP contribution in [0.3, 0.4) is 0 Å². The maximum atomic E-state index is 14.3. The van der Waals surface area contributed by atoms with Crippen LogP contribution < -0.4 is 4.90 Å². The Morgan fingerprint density at radius 2 is 1.17 bits per heavy atom. The Kier molecular flexibility index (Phi) is 6.88. The number of hydrogen-bond acceptors (Lipinski definition) is 3. The van der Waals surface area contributed by atoms with Crippen molar-refractivity contribution in [3.63, 3.8) is 0 Å². The lowest BCUT2D eigenvalue weighted by molar-refractivity contribution is 0.276. The van der Waals surface area contributed by atoms with E-state index in [9.17, 15) is 4.39 Å². The van der Waals surface area contributed by atoms with Gasteiger partial charge in [-0.3, -0.25) is 0 Å². The van der Waals surface area contributed by atoms with Crippen molar-refractivity contribution < 1.29 is 4.39 Å². The quantitative estimate of drug-likeness (QED) is 0.182. The van der Waals surface area contributed by atoms with Crippen LogP contribution in [0.15, 0.2) is 146 Å². The van der Waals surface area contributed by atoms with Crippen molar-refractivity contribution >= 4 is 5.69 Å². The fourth-order valence-corrected chi connectivity index (χ4v) is 10.1. The molecule has 0 fully saturated rings. The van der Waals surface area contributed by atoms with Crippen molar-refractivity contribution in [3.05, 3.63) is 196 Å². The fraction of sp³-hybridized carbons (Fsp3) is 0.167. The van der Waals surface area contributed by atoms with Crippen LogP contribution in [0.25, 0.3) is 33.4 Å². The van der Waals surface area contributed by atoms with Crippen LogP contribution >= 0.6 is 0 Å². The molecule has 7 aromatic rings. The third kappa shape index (κ3) is 4.18. The van der Waals surface area contributed by atoms with Gasteiger partial charge in [0.05, 0.1) is 28.0 Å². The number of hydrogen-bond donors (Lipinski definition) is 0. The first kappa shape index (κ1) is 30.9. The molecule has 1 aliphatic carbocycles. The molecule has 3 aliphatic rings. The predicted octanol–water partition coefficient (Wildman–Crippen LogP) is 10.8. The smallest absolute Gasteiger partial charge is 0.123 e. The molecule has 1 atom stereocenters. The molecular weight excluding hydrogens is 638 g/mol. The highest BCUT2D eigenvalue weighted by Gasteiger charge is 2.69. The molecule has 1 unspecified atom stereocenters. The Balaban J connectivity index is 1.37. The highest BCUT2D eigenvalue weighted by Crippen LogP contribution is 2.71. The summed E-state index contributed by atoms with van der Waals surface area (Å²) in [7, 11) is 0. The average Bonchev–Trinajstić information content (AvgIpc) is 3.65. The molecule has 0 amide bonds. The molecule has 3 nitrogen and oxygen atoms in total. The van der Waals surface area contributed by atoms with Crippen LogP contribution in [0.2, 0.25) is 0 Å². The van der Waals surface area contributed by atoms with Crippen LogP contribution in [-0.2, 0) is 23.8 Å². The maximum absolute atomic E-state index is 14.3. The Labute approximate surface area is 304 Å². The summed E-state index contributed by atoms with van der Waals surface area (Å²) in [5, 5.41) is 9.75. The van der Waals surface area contributed by atoms with Crippen LogP contribution in [0.1, 0.15) is 51.2 Å². The van der Waals surface area contributed by atoms with Gasteiger partial charge in [0.25, 0.3) is 0 Å². The highest BCUT2D eigenvalue weighted by molar-refractivity contribution is 5.94. The first-order valence-corrected chi connectivity index (χ1v) is 18.4. The summed E-state index contributed by atoms with van der Waals surface area (Å²) < 4.78 is 14.3. The Hall–Kier alpha value is -5.87. The molecule has 52 heavy (non-hydrogen) atoms. The molecule has 4 heteroatoms. The van der Waals surface area contributed by atoms with Gasteiger partial charge in [-0.25, -0.2) is 4.39 Å². The number of anilines is 1. The van der Waals surface area contributed by atoms with Gasteiger partial charge in [0.2, 0.25) is 0 Å². The lowest BCUT2D eigenvalue weighted by Crippen LogP contribution is -2.59. The zero-order valence-corrected chi connectivity index (χ0v) is 29.4. The minimum atomic E-state index is -0.635. The molecule has 10 rings (SSSR count). The number of benzene rings is 6. The molecule has 3 heterocycles. The van der Waals surface area contributed by atoms with Gasteiger partial charge in [-0.15, -0.1) is 0 Å². The molecule has 0 bridgehead atoms. The van der Waals surface area contributed by atoms with E-state index >= 15 is 0 Å². The number of aromatic nitrogens is 2. The minimum absolute atomic E-state index is 0.208. The molecule has 6 aromatic carbocycles. The number of nitrogens with zero attached hydrogens (tertiary/aromatic N) is 3. The van der Waals surface area contributed by atoms with Crippen molar-refractivity contribution in [2.45, 2.75) is 44.1 Å². The lowest BCUT2D eigenvalue weighted by atomic mass is 9.55. The first-order chi connectivity index (χ1) is 25.5. The highest BCUT2D eigenvalue weighted by atomic mass is 19.1. The average molecular weight is 676 g/mol. The second-order valence-electron chi connectivity index (χ2n) is 14.6. The lowest BCUT2D eigenvalue weighted by Gasteiger charge is -2.54. The zero-order valence-electron chi connectivity index (χ0n) is 29.4. The molecule has 1 spiro atoms. The van der Waals surface area contributed by atoms with Crippen LogP contribution in [0, 0.1) is 19.7 Å². The minimum Gasteiger partial charge on any atom is -0.358 e. The van der Waals surface area contributed by atoms with E-state index in [2.05, 4.69) is 140 Å². The van der Waals surface area contributed by atoms with Crippen LogP contribution in [-0.4, -0.2) is 16.7 Å². The SMILES string of the molecule is Cc1nnc(C)c2c1N1CCc3ccccc3C1(CCc1ccc(F)cc1)C21c2cc(-c3ccccc3)ccc2-c2ccc(-c3ccccc3)cc21. The molecule has 1 aromatic heterocycles. The summed E-state index contributed by atoms with van der Waals surface area (Å²) in [6, 6.07) is 52.0. The Morgan fingerprint density at radius 3 is 1.81 bits per heavy atom. The topological polar surface area (TPSA) is 29.0 Å². The fourth-order valence-electron chi connectivity index (χ4n) is 10.1. The van der Waals surface area contributed by atoms with Gasteiger partial charge in [0.1, 0.15) is 5.82 Å². The van der Waals surface area contributed by atoms with E-state index < -0.39 is 11.0 Å². The van der Waals surface area contributed by atoms with E-state index in [0.717, 1.165) is 42.8 Å². The van der Waals surface area contributed by atoms with Gasteiger partial charge in [0.15, 0.2) is 0 Å². The van der Waals surface area contributed by atoms with Gasteiger partial charge in [-0.2, -0.15) is 10.2 Å². The third-order valence-corrected chi connectivity index (χ3v) is 12.1. The van der Waals surface area contributed by atoms with E-state index in [4.69, 9.17) is 10.2 Å². The number of rotatable bonds is 5. The van der Waals surface area contributed by atoms with E-state index in [1.807, 2.05) is 12.1 Å². The second kappa shape index (κ2) is 11.6. The molecule has 252 valence electrons. The summed E-state index contributed by atoms with van der Waals surface area (Å²) in [6.07, 6.45) is 2.53. The van der Waals surface area contributed by atoms with E-state index in [1.165, 1.54) is 66.9 Å². The van der Waals surface area contributed by atoms with Crippen molar-refractivity contribution in [3.8, 4) is 33.4 Å². The Morgan fingerprint density at radius 1 is 0.596 bits per heavy atom. The van der Waals surface area contributed by atoms with Crippen LogP contribution in [0.5, 0.6) is 0 Å². The zero-order chi connectivity index (χ0) is 35.0. The van der Waals surface area contributed by atoms with Crippen molar-refractivity contribution in [1.82, 2.24) is 10.2 Å². The van der Waals surface area contributed by atoms with Crippen molar-refractivity contribution in [2.75, 3.05) is 11.4 Å². The number of halogens is 1. The maximum Gasteiger partial charge on any atom is 0.123 e. The van der Waals surface area contributed by atoms with Gasteiger partial charge in [-0.05, 0) is 119 Å². The second-order valence-corrected chi connectivity index (χ2v) is 14.6. The van der Waals surface area contributed by atoms with Crippen molar-refractivity contribution in [2.24, 2.45) is 0 Å². The van der Waals surface area contributed by atoms with E-state index in [1.54, 1.807) is 12.1 Å². The monoisotopic (exact) mass is 675 g/mol. The molecule has 0 saturated carbocycles. The molecular formula is C48H38FN3. The molecule has 0 N–H and O–H groups in total. The molecule has 2 aliphatic heterocycles. The van der Waals surface area contributed by atoms with Gasteiger partial charge < -0.3 is 4.90 Å². The Bertz CT molecular complexity index is 2420. The largest absolute Gasteiger partial charge is 0.358 e. The summed E-state index contributed by atoms with van der Waals surface area (Å²) in [5.41, 5.74) is 17.0. The molecule has 0 saturated heterocycles. The van der Waals surface area contributed by atoms with Gasteiger partial charge in [0, 0.05) is 12.1 Å². The molecule has 0 radical (unpaired) electrons. The summed E-state index contributed by atoms with van der Waals surface area (Å²) in [6.45, 7) is 5.15.